The highest BCUT2D eigenvalue weighted by Crippen LogP contribution is 2.16. The average Bonchev–Trinajstić information content (AvgIpc) is 3.00. The minimum absolute atomic E-state index is 0.0305. The third-order valence-electron chi connectivity index (χ3n) is 9.25. The molecule has 0 aliphatic carbocycles. The van der Waals surface area contributed by atoms with Gasteiger partial charge in [-0.15, -0.1) is 0 Å². The molecule has 0 aromatic carbocycles. The van der Waals surface area contributed by atoms with Gasteiger partial charge in [-0.25, -0.2) is 0 Å². The number of carbonyl (C=O) groups is 1. The molecule has 0 radical (unpaired) electrons. The molecular weight excluding hydrogens is 512 g/mol. The van der Waals surface area contributed by atoms with Crippen molar-refractivity contribution in [1.29, 1.82) is 0 Å². The van der Waals surface area contributed by atoms with E-state index in [4.69, 9.17) is 4.74 Å². The standard InChI is InChI=1S/C40H80O2/c1-3-5-7-9-11-13-15-17-19-21-22-23-24-26-28-30-32-34-36-38-40(41)42-39-37-35-33-31-29-27-25-20-18-16-14-12-10-8-6-4-2/h3-39H2,1-2H3. The van der Waals surface area contributed by atoms with Crippen LogP contribution >= 0.6 is 0 Å². The second-order valence-electron chi connectivity index (χ2n) is 13.6. The minimum Gasteiger partial charge on any atom is -0.466 e. The quantitative estimate of drug-likeness (QED) is 0.0529. The number of ether oxygens (including phenoxy) is 1. The fraction of sp³-hybridized carbons (Fsp3) is 0.975. The zero-order chi connectivity index (χ0) is 30.4. The van der Waals surface area contributed by atoms with Crippen molar-refractivity contribution in [2.75, 3.05) is 6.61 Å². The fourth-order valence-electron chi connectivity index (χ4n) is 6.26. The molecule has 42 heavy (non-hydrogen) atoms. The lowest BCUT2D eigenvalue weighted by molar-refractivity contribution is -0.143. The second kappa shape index (κ2) is 38.5. The summed E-state index contributed by atoms with van der Waals surface area (Å²) < 4.78 is 5.46. The molecule has 0 unspecified atom stereocenters. The van der Waals surface area contributed by atoms with Gasteiger partial charge in [-0.2, -0.15) is 0 Å². The van der Waals surface area contributed by atoms with E-state index >= 15 is 0 Å². The van der Waals surface area contributed by atoms with Crippen LogP contribution in [0.2, 0.25) is 0 Å². The lowest BCUT2D eigenvalue weighted by atomic mass is 10.0. The van der Waals surface area contributed by atoms with E-state index in [2.05, 4.69) is 13.8 Å². The molecule has 2 nitrogen and oxygen atoms in total. The Labute approximate surface area is 266 Å². The molecule has 0 aromatic rings. The van der Waals surface area contributed by atoms with Crippen LogP contribution < -0.4 is 0 Å². The summed E-state index contributed by atoms with van der Waals surface area (Å²) in [7, 11) is 0. The normalized spacial score (nSPS) is 11.4. The second-order valence-corrected chi connectivity index (χ2v) is 13.6. The van der Waals surface area contributed by atoms with Gasteiger partial charge >= 0.3 is 5.97 Å². The first kappa shape index (κ1) is 41.5. The Balaban J connectivity index is 3.14. The fourth-order valence-corrected chi connectivity index (χ4v) is 6.26. The van der Waals surface area contributed by atoms with Crippen molar-refractivity contribution >= 4 is 5.97 Å². The molecule has 252 valence electrons. The molecule has 0 atom stereocenters. The lowest BCUT2D eigenvalue weighted by Gasteiger charge is -2.06. The van der Waals surface area contributed by atoms with Crippen molar-refractivity contribution in [3.63, 3.8) is 0 Å². The first-order chi connectivity index (χ1) is 20.8. The molecule has 0 aliphatic rings. The van der Waals surface area contributed by atoms with E-state index in [1.165, 1.54) is 212 Å². The predicted molar refractivity (Wildman–Crippen MR) is 189 cm³/mol. The smallest absolute Gasteiger partial charge is 0.305 e. The molecule has 0 saturated heterocycles. The van der Waals surface area contributed by atoms with Gasteiger partial charge in [0.1, 0.15) is 0 Å². The summed E-state index contributed by atoms with van der Waals surface area (Å²) in [6, 6.07) is 0. The van der Waals surface area contributed by atoms with Gasteiger partial charge in [-0.05, 0) is 12.8 Å². The van der Waals surface area contributed by atoms with E-state index < -0.39 is 0 Å². The van der Waals surface area contributed by atoms with Gasteiger partial charge in [0.05, 0.1) is 6.61 Å². The van der Waals surface area contributed by atoms with Crippen LogP contribution in [0.25, 0.3) is 0 Å². The molecule has 0 heterocycles. The van der Waals surface area contributed by atoms with E-state index in [9.17, 15) is 4.79 Å². The van der Waals surface area contributed by atoms with Crippen LogP contribution in [-0.4, -0.2) is 12.6 Å². The summed E-state index contributed by atoms with van der Waals surface area (Å²) in [5, 5.41) is 0. The van der Waals surface area contributed by atoms with Crippen molar-refractivity contribution in [2.45, 2.75) is 245 Å². The molecule has 0 saturated carbocycles. The highest BCUT2D eigenvalue weighted by molar-refractivity contribution is 5.69. The van der Waals surface area contributed by atoms with E-state index in [1.54, 1.807) is 0 Å². The number of hydrogen-bond acceptors (Lipinski definition) is 2. The summed E-state index contributed by atoms with van der Waals surface area (Å²) in [6.45, 7) is 5.22. The molecule has 0 amide bonds. The van der Waals surface area contributed by atoms with E-state index in [-0.39, 0.29) is 5.97 Å². The number of esters is 1. The van der Waals surface area contributed by atoms with Crippen LogP contribution in [0.1, 0.15) is 245 Å². The summed E-state index contributed by atoms with van der Waals surface area (Å²) in [6.07, 6.45) is 49.0. The van der Waals surface area contributed by atoms with Crippen molar-refractivity contribution in [3.8, 4) is 0 Å². The van der Waals surface area contributed by atoms with E-state index in [1.807, 2.05) is 0 Å². The predicted octanol–water partition coefficient (Wildman–Crippen LogP) is 14.6. The molecule has 0 fully saturated rings. The Hall–Kier alpha value is -0.530. The van der Waals surface area contributed by atoms with Crippen LogP contribution in [0, 0.1) is 0 Å². The molecule has 0 aliphatic heterocycles. The Morgan fingerprint density at radius 1 is 0.310 bits per heavy atom. The number of rotatable bonds is 37. The van der Waals surface area contributed by atoms with Crippen molar-refractivity contribution < 1.29 is 9.53 Å². The van der Waals surface area contributed by atoms with Gasteiger partial charge in [0, 0.05) is 6.42 Å². The summed E-state index contributed by atoms with van der Waals surface area (Å²) in [5.74, 6) is 0.0305. The van der Waals surface area contributed by atoms with Crippen molar-refractivity contribution in [1.82, 2.24) is 0 Å². The highest BCUT2D eigenvalue weighted by Gasteiger charge is 2.03. The monoisotopic (exact) mass is 593 g/mol. The van der Waals surface area contributed by atoms with Crippen molar-refractivity contribution in [3.05, 3.63) is 0 Å². The van der Waals surface area contributed by atoms with Gasteiger partial charge in [0.15, 0.2) is 0 Å². The number of unbranched alkanes of at least 4 members (excludes halogenated alkanes) is 33. The molecular formula is C40H80O2. The van der Waals surface area contributed by atoms with Gasteiger partial charge in [-0.1, -0.05) is 226 Å². The van der Waals surface area contributed by atoms with Crippen LogP contribution in [0.5, 0.6) is 0 Å². The maximum Gasteiger partial charge on any atom is 0.305 e. The summed E-state index contributed by atoms with van der Waals surface area (Å²) in [5.41, 5.74) is 0. The summed E-state index contributed by atoms with van der Waals surface area (Å²) >= 11 is 0. The Bertz CT molecular complexity index is 488. The van der Waals surface area contributed by atoms with Gasteiger partial charge < -0.3 is 4.74 Å². The highest BCUT2D eigenvalue weighted by atomic mass is 16.5. The van der Waals surface area contributed by atoms with Crippen LogP contribution in [-0.2, 0) is 9.53 Å². The zero-order valence-electron chi connectivity index (χ0n) is 29.5. The average molecular weight is 593 g/mol. The Morgan fingerprint density at radius 2 is 0.524 bits per heavy atom. The Morgan fingerprint density at radius 3 is 0.786 bits per heavy atom. The van der Waals surface area contributed by atoms with E-state index in [0.717, 1.165) is 12.8 Å². The van der Waals surface area contributed by atoms with Crippen LogP contribution in [0.3, 0.4) is 0 Å². The van der Waals surface area contributed by atoms with Gasteiger partial charge in [0.25, 0.3) is 0 Å². The lowest BCUT2D eigenvalue weighted by Crippen LogP contribution is -2.05. The first-order valence-electron chi connectivity index (χ1n) is 20.0. The zero-order valence-corrected chi connectivity index (χ0v) is 29.5. The van der Waals surface area contributed by atoms with E-state index in [0.29, 0.717) is 13.0 Å². The maximum atomic E-state index is 12.0. The van der Waals surface area contributed by atoms with Crippen LogP contribution in [0.4, 0.5) is 0 Å². The van der Waals surface area contributed by atoms with Crippen LogP contribution in [0.15, 0.2) is 0 Å². The Kier molecular flexibility index (Phi) is 38.0. The minimum atomic E-state index is 0.0305. The summed E-state index contributed by atoms with van der Waals surface area (Å²) in [4.78, 5) is 12.0. The number of hydrogen-bond donors (Lipinski definition) is 0. The molecule has 0 bridgehead atoms. The SMILES string of the molecule is CCCCCCCCCCCCCCCCCCCCCC(=O)OCCCCCCCCCCCCCCCCCC. The van der Waals surface area contributed by atoms with Crippen molar-refractivity contribution in [2.24, 2.45) is 0 Å². The maximum absolute atomic E-state index is 12.0. The van der Waals surface area contributed by atoms with Gasteiger partial charge in [-0.3, -0.25) is 4.79 Å². The topological polar surface area (TPSA) is 26.3 Å². The molecule has 2 heteroatoms. The molecule has 0 N–H and O–H groups in total. The third-order valence-corrected chi connectivity index (χ3v) is 9.25. The largest absolute Gasteiger partial charge is 0.466 e. The molecule has 0 rings (SSSR count). The first-order valence-corrected chi connectivity index (χ1v) is 20.0. The number of carbonyl (C=O) groups excluding carboxylic acids is 1. The third kappa shape index (κ3) is 37.5. The molecule has 0 spiro atoms. The van der Waals surface area contributed by atoms with Gasteiger partial charge in [0.2, 0.25) is 0 Å². The molecule has 0 aromatic heterocycles.